The van der Waals surface area contributed by atoms with Crippen molar-refractivity contribution in [2.24, 2.45) is 0 Å². The summed E-state index contributed by atoms with van der Waals surface area (Å²) in [5.41, 5.74) is 1.63. The number of anilines is 1. The Balaban J connectivity index is 1.82. The summed E-state index contributed by atoms with van der Waals surface area (Å²) in [6.45, 7) is 0.574. The van der Waals surface area contributed by atoms with E-state index in [4.69, 9.17) is 4.52 Å². The average Bonchev–Trinajstić information content (AvgIpc) is 2.81. The Bertz CT molecular complexity index is 620. The summed E-state index contributed by atoms with van der Waals surface area (Å²) in [7, 11) is 0. The predicted octanol–water partition coefficient (Wildman–Crippen LogP) is 2.23. The second-order valence-corrected chi connectivity index (χ2v) is 3.60. The van der Waals surface area contributed by atoms with Gasteiger partial charge in [0.2, 0.25) is 0 Å². The molecule has 0 spiro atoms. The van der Waals surface area contributed by atoms with E-state index in [9.17, 15) is 0 Å². The maximum Gasteiger partial charge on any atom is 0.177 e. The van der Waals surface area contributed by atoms with Gasteiger partial charge < -0.3 is 9.84 Å². The van der Waals surface area contributed by atoms with Gasteiger partial charge in [-0.05, 0) is 24.3 Å². The van der Waals surface area contributed by atoms with E-state index >= 15 is 0 Å². The minimum Gasteiger partial charge on any atom is -0.361 e. The highest BCUT2D eigenvalue weighted by Gasteiger charge is 2.06. The van der Waals surface area contributed by atoms with Crippen molar-refractivity contribution in [2.45, 2.75) is 6.54 Å². The number of benzene rings is 1. The van der Waals surface area contributed by atoms with Crippen molar-refractivity contribution in [3.63, 3.8) is 0 Å². The molecule has 1 N–H and O–H groups in total. The Morgan fingerprint density at radius 3 is 2.94 bits per heavy atom. The molecule has 3 aromatic rings. The Kier molecular flexibility index (Phi) is 2.42. The van der Waals surface area contributed by atoms with E-state index in [0.29, 0.717) is 6.54 Å². The van der Waals surface area contributed by atoms with E-state index in [1.54, 1.807) is 6.20 Å². The van der Waals surface area contributed by atoms with Crippen LogP contribution in [-0.4, -0.2) is 15.4 Å². The fourth-order valence-electron chi connectivity index (χ4n) is 1.62. The smallest absolute Gasteiger partial charge is 0.177 e. The molecule has 5 heteroatoms. The zero-order valence-electron chi connectivity index (χ0n) is 9.00. The van der Waals surface area contributed by atoms with Crippen LogP contribution in [0.15, 0.2) is 47.1 Å². The molecule has 0 saturated carbocycles. The normalized spacial score (nSPS) is 10.6. The average molecular weight is 226 g/mol. The van der Waals surface area contributed by atoms with Crippen LogP contribution in [0, 0.1) is 0 Å². The number of aromatic nitrogens is 3. The Hall–Kier alpha value is -2.43. The van der Waals surface area contributed by atoms with Crippen molar-refractivity contribution < 1.29 is 4.52 Å². The third-order valence-electron chi connectivity index (χ3n) is 2.44. The minimum absolute atomic E-state index is 0.574. The molecule has 0 unspecified atom stereocenters. The Labute approximate surface area is 97.5 Å². The zero-order chi connectivity index (χ0) is 11.5. The molecule has 0 radical (unpaired) electrons. The highest BCUT2D eigenvalue weighted by molar-refractivity contribution is 5.87. The molecule has 5 nitrogen and oxygen atoms in total. The second kappa shape index (κ2) is 4.21. The third kappa shape index (κ3) is 1.94. The molecule has 0 amide bonds. The van der Waals surface area contributed by atoms with Crippen LogP contribution in [0.3, 0.4) is 0 Å². The highest BCUT2D eigenvalue weighted by Crippen LogP contribution is 2.22. The molecule has 1 aromatic carbocycles. The van der Waals surface area contributed by atoms with Gasteiger partial charge in [-0.1, -0.05) is 17.3 Å². The summed E-state index contributed by atoms with van der Waals surface area (Å²) in [4.78, 5) is 0. The molecule has 17 heavy (non-hydrogen) atoms. The first kappa shape index (κ1) is 9.77. The number of hydrogen-bond acceptors (Lipinski definition) is 5. The molecule has 0 atom stereocenters. The van der Waals surface area contributed by atoms with Gasteiger partial charge in [0.05, 0.1) is 17.6 Å². The van der Waals surface area contributed by atoms with Crippen LogP contribution in [0.1, 0.15) is 5.69 Å². The van der Waals surface area contributed by atoms with Crippen LogP contribution in [0.25, 0.3) is 11.0 Å². The number of hydrogen-bond donors (Lipinski definition) is 1. The van der Waals surface area contributed by atoms with Crippen LogP contribution >= 0.6 is 0 Å². The number of rotatable bonds is 3. The van der Waals surface area contributed by atoms with E-state index in [1.165, 1.54) is 0 Å². The van der Waals surface area contributed by atoms with Crippen molar-refractivity contribution in [1.29, 1.82) is 0 Å². The van der Waals surface area contributed by atoms with Crippen LogP contribution in [-0.2, 0) is 6.54 Å². The minimum atomic E-state index is 0.574. The summed E-state index contributed by atoms with van der Waals surface area (Å²) in [6, 6.07) is 11.5. The number of nitrogens with zero attached hydrogens (tertiary/aromatic N) is 3. The first-order valence-electron chi connectivity index (χ1n) is 5.28. The summed E-state index contributed by atoms with van der Waals surface area (Å²) >= 11 is 0. The summed E-state index contributed by atoms with van der Waals surface area (Å²) in [5, 5.41) is 15.9. The van der Waals surface area contributed by atoms with Gasteiger partial charge in [-0.15, -0.1) is 0 Å². The summed E-state index contributed by atoms with van der Waals surface area (Å²) < 4.78 is 5.19. The van der Waals surface area contributed by atoms with Crippen molar-refractivity contribution in [3.8, 4) is 0 Å². The molecular formula is C12H10N4O. The van der Waals surface area contributed by atoms with E-state index in [1.807, 2.05) is 36.4 Å². The van der Waals surface area contributed by atoms with Gasteiger partial charge in [0.15, 0.2) is 11.4 Å². The largest absolute Gasteiger partial charge is 0.361 e. The number of para-hydroxylation sites is 1. The number of nitrogens with one attached hydrogen (secondary N) is 1. The number of fused-ring (bicyclic) bond motifs is 1. The lowest BCUT2D eigenvalue weighted by molar-refractivity contribution is 0.459. The SMILES string of the molecule is c1cnnc(CNc2noc3ccccc23)c1. The van der Waals surface area contributed by atoms with Gasteiger partial charge in [0, 0.05) is 6.20 Å². The lowest BCUT2D eigenvalue weighted by atomic mass is 10.2. The third-order valence-corrected chi connectivity index (χ3v) is 2.44. The highest BCUT2D eigenvalue weighted by atomic mass is 16.5. The predicted molar refractivity (Wildman–Crippen MR) is 63.4 cm³/mol. The fourth-order valence-corrected chi connectivity index (χ4v) is 1.62. The van der Waals surface area contributed by atoms with Crippen LogP contribution in [0.5, 0.6) is 0 Å². The van der Waals surface area contributed by atoms with Crippen molar-refractivity contribution in [1.82, 2.24) is 15.4 Å². The van der Waals surface area contributed by atoms with Crippen molar-refractivity contribution >= 4 is 16.8 Å². The molecule has 0 aliphatic heterocycles. The molecule has 3 rings (SSSR count). The Morgan fingerprint density at radius 1 is 1.12 bits per heavy atom. The van der Waals surface area contributed by atoms with E-state index in [0.717, 1.165) is 22.5 Å². The molecule has 2 aromatic heterocycles. The first-order chi connectivity index (χ1) is 8.43. The summed E-state index contributed by atoms with van der Waals surface area (Å²) in [5.74, 6) is 0.728. The lowest BCUT2D eigenvalue weighted by Crippen LogP contribution is -2.02. The maximum atomic E-state index is 5.19. The molecule has 0 saturated heterocycles. The summed E-state index contributed by atoms with van der Waals surface area (Å²) in [6.07, 6.45) is 1.65. The van der Waals surface area contributed by atoms with Crippen LogP contribution < -0.4 is 5.32 Å². The molecule has 2 heterocycles. The fraction of sp³-hybridized carbons (Fsp3) is 0.0833. The van der Waals surface area contributed by atoms with Gasteiger partial charge >= 0.3 is 0 Å². The van der Waals surface area contributed by atoms with Crippen LogP contribution in [0.2, 0.25) is 0 Å². The van der Waals surface area contributed by atoms with Crippen molar-refractivity contribution in [2.75, 3.05) is 5.32 Å². The van der Waals surface area contributed by atoms with Gasteiger partial charge in [0.25, 0.3) is 0 Å². The van der Waals surface area contributed by atoms with E-state index in [2.05, 4.69) is 20.7 Å². The molecule has 0 aliphatic rings. The van der Waals surface area contributed by atoms with Gasteiger partial charge in [-0.2, -0.15) is 10.2 Å². The molecular weight excluding hydrogens is 216 g/mol. The molecule has 0 bridgehead atoms. The van der Waals surface area contributed by atoms with Crippen LogP contribution in [0.4, 0.5) is 5.82 Å². The first-order valence-corrected chi connectivity index (χ1v) is 5.28. The topological polar surface area (TPSA) is 63.8 Å². The van der Waals surface area contributed by atoms with Gasteiger partial charge in [-0.3, -0.25) is 0 Å². The second-order valence-electron chi connectivity index (χ2n) is 3.60. The molecule has 0 fully saturated rings. The van der Waals surface area contributed by atoms with E-state index < -0.39 is 0 Å². The monoisotopic (exact) mass is 226 g/mol. The lowest BCUT2D eigenvalue weighted by Gasteiger charge is -2.00. The van der Waals surface area contributed by atoms with Gasteiger partial charge in [-0.25, -0.2) is 0 Å². The van der Waals surface area contributed by atoms with Crippen molar-refractivity contribution in [3.05, 3.63) is 48.3 Å². The zero-order valence-corrected chi connectivity index (χ0v) is 9.00. The maximum absolute atomic E-state index is 5.19. The van der Waals surface area contributed by atoms with Gasteiger partial charge in [0.1, 0.15) is 0 Å². The quantitative estimate of drug-likeness (QED) is 0.741. The molecule has 0 aliphatic carbocycles. The van der Waals surface area contributed by atoms with E-state index in [-0.39, 0.29) is 0 Å². The molecule has 84 valence electrons. The Morgan fingerprint density at radius 2 is 2.06 bits per heavy atom. The standard InChI is InChI=1S/C12H10N4O/c1-2-6-11-10(5-1)12(16-17-11)13-8-9-4-3-7-14-15-9/h1-7H,8H2,(H,13,16).